The van der Waals surface area contributed by atoms with Crippen molar-refractivity contribution in [3.8, 4) is 0 Å². The fourth-order valence-corrected chi connectivity index (χ4v) is 3.33. The molecule has 4 N–H and O–H groups in total. The number of anilines is 1. The largest absolute Gasteiger partial charge is 0.388 e. The van der Waals surface area contributed by atoms with Gasteiger partial charge in [-0.05, 0) is 48.2 Å². The van der Waals surface area contributed by atoms with E-state index in [1.165, 1.54) is 6.20 Å². The second-order valence-electron chi connectivity index (χ2n) is 5.73. The van der Waals surface area contributed by atoms with Gasteiger partial charge in [-0.1, -0.05) is 0 Å². The molecule has 21 heavy (non-hydrogen) atoms. The molecule has 1 saturated carbocycles. The van der Waals surface area contributed by atoms with Crippen molar-refractivity contribution in [1.29, 1.82) is 0 Å². The number of halogens is 1. The molecule has 2 atom stereocenters. The van der Waals surface area contributed by atoms with Gasteiger partial charge < -0.3 is 16.2 Å². The molecule has 1 aliphatic carbocycles. The molecule has 2 aromatic rings. The minimum atomic E-state index is -0.793. The van der Waals surface area contributed by atoms with E-state index in [-0.39, 0.29) is 6.04 Å². The van der Waals surface area contributed by atoms with Crippen LogP contribution in [0.4, 0.5) is 5.69 Å². The van der Waals surface area contributed by atoms with Crippen molar-refractivity contribution in [2.75, 3.05) is 5.32 Å². The van der Waals surface area contributed by atoms with Crippen LogP contribution in [0.2, 0.25) is 0 Å². The number of amides is 1. The molecule has 2 heterocycles. The number of hydrogen-bond acceptors (Lipinski definition) is 4. The molecule has 0 spiro atoms. The molecule has 0 bridgehead atoms. The van der Waals surface area contributed by atoms with Crippen LogP contribution >= 0.6 is 15.9 Å². The Balaban J connectivity index is 2.10. The third-order valence-electron chi connectivity index (χ3n) is 4.11. The van der Waals surface area contributed by atoms with E-state index in [0.717, 1.165) is 29.3 Å². The van der Waals surface area contributed by atoms with Crippen LogP contribution in [0, 0.1) is 0 Å². The number of carbonyl (C=O) groups excluding carboxylic acids is 1. The van der Waals surface area contributed by atoms with Crippen molar-refractivity contribution in [3.63, 3.8) is 0 Å². The van der Waals surface area contributed by atoms with E-state index in [0.29, 0.717) is 11.3 Å². The Morgan fingerprint density at radius 2 is 2.43 bits per heavy atom. The number of hydrogen-bond donors (Lipinski definition) is 3. The molecule has 6 nitrogen and oxygen atoms in total. The maximum atomic E-state index is 11.7. The van der Waals surface area contributed by atoms with Gasteiger partial charge in [0.05, 0.1) is 34.6 Å². The molecule has 7 heteroatoms. The Morgan fingerprint density at radius 3 is 3.05 bits per heavy atom. The summed E-state index contributed by atoms with van der Waals surface area (Å²) < 4.78 is 2.53. The third kappa shape index (κ3) is 2.51. The summed E-state index contributed by atoms with van der Waals surface area (Å²) in [5.74, 6) is -0.539. The minimum absolute atomic E-state index is 0.115. The van der Waals surface area contributed by atoms with Gasteiger partial charge >= 0.3 is 0 Å². The SMILES string of the molecule is C[C@]1(O)CCC[C@@H]1Nc1c(C(N)=O)cnn2cc(Br)cc12. The summed E-state index contributed by atoms with van der Waals surface area (Å²) in [5.41, 5.74) is 6.36. The average molecular weight is 353 g/mol. The first kappa shape index (κ1) is 14.3. The van der Waals surface area contributed by atoms with Crippen LogP contribution in [0.5, 0.6) is 0 Å². The molecule has 3 rings (SSSR count). The van der Waals surface area contributed by atoms with Gasteiger partial charge in [-0.25, -0.2) is 4.52 Å². The average Bonchev–Trinajstić information content (AvgIpc) is 2.92. The van der Waals surface area contributed by atoms with Crippen molar-refractivity contribution in [3.05, 3.63) is 28.5 Å². The second-order valence-corrected chi connectivity index (χ2v) is 6.65. The van der Waals surface area contributed by atoms with Crippen molar-refractivity contribution < 1.29 is 9.90 Å². The number of aromatic nitrogens is 2. The van der Waals surface area contributed by atoms with E-state index in [1.807, 2.05) is 13.0 Å². The smallest absolute Gasteiger partial charge is 0.252 e. The van der Waals surface area contributed by atoms with Crippen LogP contribution in [-0.4, -0.2) is 32.3 Å². The number of primary amides is 1. The summed E-state index contributed by atoms with van der Waals surface area (Å²) in [5, 5.41) is 17.9. The normalized spacial score (nSPS) is 25.4. The van der Waals surface area contributed by atoms with Gasteiger partial charge in [0.2, 0.25) is 0 Å². The highest BCUT2D eigenvalue weighted by molar-refractivity contribution is 9.10. The summed E-state index contributed by atoms with van der Waals surface area (Å²) in [6.45, 7) is 1.81. The van der Waals surface area contributed by atoms with Gasteiger partial charge in [0, 0.05) is 10.7 Å². The Hall–Kier alpha value is -1.60. The van der Waals surface area contributed by atoms with Crippen LogP contribution in [0.1, 0.15) is 36.5 Å². The van der Waals surface area contributed by atoms with Crippen molar-refractivity contribution in [1.82, 2.24) is 9.61 Å². The van der Waals surface area contributed by atoms with E-state index < -0.39 is 11.5 Å². The number of carbonyl (C=O) groups is 1. The zero-order valence-corrected chi connectivity index (χ0v) is 13.2. The second kappa shape index (κ2) is 4.99. The first-order chi connectivity index (χ1) is 9.88. The van der Waals surface area contributed by atoms with E-state index in [4.69, 9.17) is 5.73 Å². The van der Waals surface area contributed by atoms with Gasteiger partial charge in [0.15, 0.2) is 0 Å². The van der Waals surface area contributed by atoms with Gasteiger partial charge in [0.1, 0.15) is 0 Å². The Bertz CT molecular complexity index is 710. The number of nitrogens with zero attached hydrogens (tertiary/aromatic N) is 2. The molecular weight excluding hydrogens is 336 g/mol. The molecule has 1 amide bonds. The number of rotatable bonds is 3. The van der Waals surface area contributed by atoms with E-state index in [9.17, 15) is 9.90 Å². The summed E-state index contributed by atoms with van der Waals surface area (Å²) in [6.07, 6.45) is 5.79. The molecule has 1 aliphatic rings. The van der Waals surface area contributed by atoms with Crippen molar-refractivity contribution in [2.45, 2.75) is 37.8 Å². The molecular formula is C14H17BrN4O2. The molecule has 0 aromatic carbocycles. The molecule has 1 fully saturated rings. The van der Waals surface area contributed by atoms with Crippen LogP contribution < -0.4 is 11.1 Å². The molecule has 112 valence electrons. The summed E-state index contributed by atoms with van der Waals surface area (Å²) in [6, 6.07) is 1.75. The van der Waals surface area contributed by atoms with Gasteiger partial charge in [-0.3, -0.25) is 4.79 Å². The molecule has 2 aromatic heterocycles. The zero-order chi connectivity index (χ0) is 15.2. The van der Waals surface area contributed by atoms with Gasteiger partial charge in [0.25, 0.3) is 5.91 Å². The van der Waals surface area contributed by atoms with Gasteiger partial charge in [-0.2, -0.15) is 5.10 Å². The van der Waals surface area contributed by atoms with E-state index >= 15 is 0 Å². The van der Waals surface area contributed by atoms with Crippen LogP contribution in [0.15, 0.2) is 22.9 Å². The Morgan fingerprint density at radius 1 is 1.67 bits per heavy atom. The molecule has 0 aliphatic heterocycles. The van der Waals surface area contributed by atoms with Crippen LogP contribution in [0.25, 0.3) is 5.52 Å². The van der Waals surface area contributed by atoms with Crippen LogP contribution in [-0.2, 0) is 0 Å². The maximum Gasteiger partial charge on any atom is 0.252 e. The number of aliphatic hydroxyl groups is 1. The first-order valence-electron chi connectivity index (χ1n) is 6.84. The minimum Gasteiger partial charge on any atom is -0.388 e. The highest BCUT2D eigenvalue weighted by Crippen LogP contribution is 2.34. The lowest BCUT2D eigenvalue weighted by Gasteiger charge is -2.28. The molecule has 0 radical (unpaired) electrons. The number of nitrogens with one attached hydrogen (secondary N) is 1. The maximum absolute atomic E-state index is 11.7. The zero-order valence-electron chi connectivity index (χ0n) is 11.6. The molecule has 0 unspecified atom stereocenters. The topological polar surface area (TPSA) is 92.6 Å². The number of fused-ring (bicyclic) bond motifs is 1. The predicted molar refractivity (Wildman–Crippen MR) is 83.3 cm³/mol. The fourth-order valence-electron chi connectivity index (χ4n) is 2.91. The lowest BCUT2D eigenvalue weighted by molar-refractivity contribution is 0.0578. The highest BCUT2D eigenvalue weighted by Gasteiger charge is 2.37. The van der Waals surface area contributed by atoms with E-state index in [1.54, 1.807) is 10.7 Å². The predicted octanol–water partition coefficient (Wildman–Crippen LogP) is 1.91. The van der Waals surface area contributed by atoms with Gasteiger partial charge in [-0.15, -0.1) is 0 Å². The summed E-state index contributed by atoms with van der Waals surface area (Å²) in [4.78, 5) is 11.7. The quantitative estimate of drug-likeness (QED) is 0.786. The fraction of sp³-hybridized carbons (Fsp3) is 0.429. The Kier molecular flexibility index (Phi) is 3.41. The van der Waals surface area contributed by atoms with Crippen molar-refractivity contribution >= 4 is 33.0 Å². The summed E-state index contributed by atoms with van der Waals surface area (Å²) in [7, 11) is 0. The monoisotopic (exact) mass is 352 g/mol. The summed E-state index contributed by atoms with van der Waals surface area (Å²) >= 11 is 3.40. The van der Waals surface area contributed by atoms with Crippen molar-refractivity contribution in [2.24, 2.45) is 5.73 Å². The van der Waals surface area contributed by atoms with Crippen LogP contribution in [0.3, 0.4) is 0 Å². The first-order valence-corrected chi connectivity index (χ1v) is 7.63. The number of nitrogens with two attached hydrogens (primary N) is 1. The third-order valence-corrected chi connectivity index (χ3v) is 4.55. The highest BCUT2D eigenvalue weighted by atomic mass is 79.9. The lowest BCUT2D eigenvalue weighted by atomic mass is 10.00. The molecule has 0 saturated heterocycles. The Labute approximate surface area is 130 Å². The lowest BCUT2D eigenvalue weighted by Crippen LogP contribution is -2.40. The standard InChI is InChI=1S/C14H17BrN4O2/c1-14(21)4-2-3-11(14)18-12-9(13(16)20)6-17-19-7-8(15)5-10(12)19/h5-7,11,18,21H,2-4H2,1H3,(H2,16,20)/t11-,14-/m0/s1. The van der Waals surface area contributed by atoms with E-state index in [2.05, 4.69) is 26.3 Å².